The maximum Gasteiger partial charge on any atom is 0.367 e. The topological polar surface area (TPSA) is 89.9 Å². The molecule has 0 saturated heterocycles. The zero-order valence-corrected chi connectivity index (χ0v) is 14.1. The van der Waals surface area contributed by atoms with Crippen molar-refractivity contribution in [2.75, 3.05) is 11.9 Å². The first-order valence-electron chi connectivity index (χ1n) is 6.81. The van der Waals surface area contributed by atoms with Crippen LogP contribution in [-0.2, 0) is 4.74 Å². The summed E-state index contributed by atoms with van der Waals surface area (Å²) < 4.78 is 4.96. The molecule has 0 unspecified atom stereocenters. The molecule has 0 spiro atoms. The van der Waals surface area contributed by atoms with Crippen molar-refractivity contribution in [2.45, 2.75) is 13.8 Å². The summed E-state index contributed by atoms with van der Waals surface area (Å²) in [5.41, 5.74) is 1.56. The van der Waals surface area contributed by atoms with Gasteiger partial charge in [0.25, 0.3) is 0 Å². The van der Waals surface area contributed by atoms with Gasteiger partial charge in [-0.3, -0.25) is 4.98 Å². The van der Waals surface area contributed by atoms with E-state index in [1.165, 1.54) is 22.7 Å². The highest BCUT2D eigenvalue weighted by atomic mass is 32.1. The molecule has 0 atom stereocenters. The molecule has 0 amide bonds. The Morgan fingerprint density at radius 1 is 1.35 bits per heavy atom. The quantitative estimate of drug-likeness (QED) is 0.708. The van der Waals surface area contributed by atoms with E-state index in [1.54, 1.807) is 25.5 Å². The molecule has 7 nitrogen and oxygen atoms in total. The number of ether oxygens (including phenoxy) is 1. The minimum atomic E-state index is -0.399. The number of carbonyl (C=O) groups excluding carboxylic acids is 1. The number of aryl methyl sites for hydroxylation is 1. The number of rotatable bonds is 5. The van der Waals surface area contributed by atoms with E-state index >= 15 is 0 Å². The van der Waals surface area contributed by atoms with Gasteiger partial charge in [0.15, 0.2) is 10.9 Å². The van der Waals surface area contributed by atoms with Gasteiger partial charge in [0.1, 0.15) is 0 Å². The molecule has 0 saturated carbocycles. The van der Waals surface area contributed by atoms with E-state index in [0.717, 1.165) is 16.3 Å². The van der Waals surface area contributed by atoms with Crippen LogP contribution in [-0.4, -0.2) is 32.5 Å². The third-order valence-electron chi connectivity index (χ3n) is 2.78. The highest BCUT2D eigenvalue weighted by molar-refractivity contribution is 7.19. The maximum atomic E-state index is 11.7. The van der Waals surface area contributed by atoms with Crippen LogP contribution in [0.4, 0.5) is 10.9 Å². The molecule has 0 aliphatic rings. The number of thiazole rings is 2. The molecule has 0 aliphatic heterocycles. The number of hydrogen-bond donors (Lipinski definition) is 1. The second-order valence-corrected chi connectivity index (χ2v) is 6.26. The van der Waals surface area contributed by atoms with Crippen LogP contribution >= 0.6 is 22.7 Å². The van der Waals surface area contributed by atoms with Gasteiger partial charge < -0.3 is 10.1 Å². The Balaban J connectivity index is 1.82. The van der Waals surface area contributed by atoms with E-state index in [1.807, 2.05) is 12.3 Å². The summed E-state index contributed by atoms with van der Waals surface area (Å²) in [6, 6.07) is 0. The first-order valence-corrected chi connectivity index (χ1v) is 8.50. The van der Waals surface area contributed by atoms with Crippen LogP contribution in [0.5, 0.6) is 0 Å². The van der Waals surface area contributed by atoms with Gasteiger partial charge in [-0.05, 0) is 13.8 Å². The Hall–Kier alpha value is -2.39. The maximum absolute atomic E-state index is 11.7. The van der Waals surface area contributed by atoms with Crippen LogP contribution in [0, 0.1) is 6.92 Å². The number of nitrogens with one attached hydrogen (secondary N) is 1. The number of carbonyl (C=O) groups is 1. The minimum Gasteiger partial charge on any atom is -0.461 e. The molecule has 3 aromatic rings. The lowest BCUT2D eigenvalue weighted by molar-refractivity contribution is 0.0526. The molecule has 0 aromatic carbocycles. The van der Waals surface area contributed by atoms with Crippen LogP contribution in [0.15, 0.2) is 24.0 Å². The lowest BCUT2D eigenvalue weighted by Crippen LogP contribution is -2.03. The first kappa shape index (κ1) is 15.5. The lowest BCUT2D eigenvalue weighted by atomic mass is 10.3. The summed E-state index contributed by atoms with van der Waals surface area (Å²) in [6.07, 6.45) is 4.84. The van der Waals surface area contributed by atoms with E-state index in [2.05, 4.69) is 25.3 Å². The zero-order chi connectivity index (χ0) is 16.2. The Morgan fingerprint density at radius 3 is 2.96 bits per heavy atom. The van der Waals surface area contributed by atoms with E-state index in [0.29, 0.717) is 22.6 Å². The van der Waals surface area contributed by atoms with Crippen molar-refractivity contribution in [1.29, 1.82) is 0 Å². The van der Waals surface area contributed by atoms with Gasteiger partial charge in [-0.15, -0.1) is 11.3 Å². The predicted molar refractivity (Wildman–Crippen MR) is 89.2 cm³/mol. The van der Waals surface area contributed by atoms with Crippen molar-refractivity contribution in [3.05, 3.63) is 34.7 Å². The summed E-state index contributed by atoms with van der Waals surface area (Å²) >= 11 is 2.71. The number of hydrogen-bond acceptors (Lipinski definition) is 9. The Labute approximate surface area is 140 Å². The third-order valence-corrected chi connectivity index (χ3v) is 4.70. The molecular formula is C14H13N5O2S2. The van der Waals surface area contributed by atoms with Crippen LogP contribution in [0.25, 0.3) is 10.6 Å². The second-order valence-electron chi connectivity index (χ2n) is 4.41. The highest BCUT2D eigenvalue weighted by Crippen LogP contribution is 2.34. The van der Waals surface area contributed by atoms with Gasteiger partial charge in [-0.2, -0.15) is 0 Å². The summed E-state index contributed by atoms with van der Waals surface area (Å²) in [4.78, 5) is 29.6. The van der Waals surface area contributed by atoms with E-state index < -0.39 is 5.97 Å². The highest BCUT2D eigenvalue weighted by Gasteiger charge is 2.17. The molecule has 0 aliphatic carbocycles. The van der Waals surface area contributed by atoms with Crippen molar-refractivity contribution in [2.24, 2.45) is 0 Å². The molecule has 0 fully saturated rings. The van der Waals surface area contributed by atoms with Gasteiger partial charge in [0, 0.05) is 17.8 Å². The monoisotopic (exact) mass is 347 g/mol. The molecule has 3 heterocycles. The number of aromatic nitrogens is 4. The van der Waals surface area contributed by atoms with Crippen molar-refractivity contribution >= 4 is 39.6 Å². The summed E-state index contributed by atoms with van der Waals surface area (Å²) in [7, 11) is 0. The van der Waals surface area contributed by atoms with Crippen molar-refractivity contribution in [1.82, 2.24) is 19.9 Å². The molecule has 3 rings (SSSR count). The fraction of sp³-hybridized carbons (Fsp3) is 0.214. The zero-order valence-electron chi connectivity index (χ0n) is 12.4. The van der Waals surface area contributed by atoms with Gasteiger partial charge in [0.2, 0.25) is 5.01 Å². The number of nitrogens with zero attached hydrogens (tertiary/aromatic N) is 4. The van der Waals surface area contributed by atoms with Gasteiger partial charge in [-0.25, -0.2) is 19.7 Å². The average molecular weight is 347 g/mol. The van der Waals surface area contributed by atoms with Crippen molar-refractivity contribution < 1.29 is 9.53 Å². The number of anilines is 2. The summed E-state index contributed by atoms with van der Waals surface area (Å²) in [6.45, 7) is 4.00. The second kappa shape index (κ2) is 6.80. The summed E-state index contributed by atoms with van der Waals surface area (Å²) in [5, 5.41) is 5.98. The molecule has 118 valence electrons. The largest absolute Gasteiger partial charge is 0.461 e. The smallest absolute Gasteiger partial charge is 0.367 e. The summed E-state index contributed by atoms with van der Waals surface area (Å²) in [5.74, 6) is 0.224. The SMILES string of the molecule is CCOC(=O)c1nc(-c2sc(Nc3cnccn3)nc2C)cs1. The molecule has 1 N–H and O–H groups in total. The lowest BCUT2D eigenvalue weighted by Gasteiger charge is -1.98. The van der Waals surface area contributed by atoms with E-state index in [-0.39, 0.29) is 0 Å². The molecule has 23 heavy (non-hydrogen) atoms. The molecule has 9 heteroatoms. The third kappa shape index (κ3) is 3.51. The fourth-order valence-electron chi connectivity index (χ4n) is 1.83. The Morgan fingerprint density at radius 2 is 2.22 bits per heavy atom. The van der Waals surface area contributed by atoms with Gasteiger partial charge >= 0.3 is 5.97 Å². The normalized spacial score (nSPS) is 10.5. The Bertz CT molecular complexity index is 816. The van der Waals surface area contributed by atoms with E-state index in [9.17, 15) is 4.79 Å². The van der Waals surface area contributed by atoms with Crippen molar-refractivity contribution in [3.63, 3.8) is 0 Å². The fourth-order valence-corrected chi connectivity index (χ4v) is 3.53. The average Bonchev–Trinajstić information content (AvgIpc) is 3.15. The first-order chi connectivity index (χ1) is 11.2. The Kier molecular flexibility index (Phi) is 4.58. The predicted octanol–water partition coefficient (Wildman–Crippen LogP) is 3.29. The van der Waals surface area contributed by atoms with Crippen LogP contribution < -0.4 is 5.32 Å². The minimum absolute atomic E-state index is 0.333. The van der Waals surface area contributed by atoms with Crippen LogP contribution in [0.3, 0.4) is 0 Å². The van der Waals surface area contributed by atoms with Crippen molar-refractivity contribution in [3.8, 4) is 10.6 Å². The van der Waals surface area contributed by atoms with Gasteiger partial charge in [0.05, 0.1) is 29.1 Å². The van der Waals surface area contributed by atoms with E-state index in [4.69, 9.17) is 4.74 Å². The van der Waals surface area contributed by atoms with Crippen LogP contribution in [0.1, 0.15) is 22.4 Å². The molecule has 3 aromatic heterocycles. The number of esters is 1. The standard InChI is InChI=1S/C14H13N5O2S2/c1-3-21-13(20)12-18-9(7-22-12)11-8(2)17-14(23-11)19-10-6-15-4-5-16-10/h4-7H,3H2,1-2H3,(H,16,17,19). The van der Waals surface area contributed by atoms with Gasteiger partial charge in [-0.1, -0.05) is 11.3 Å². The van der Waals surface area contributed by atoms with Crippen LogP contribution in [0.2, 0.25) is 0 Å². The molecule has 0 radical (unpaired) electrons. The molecule has 0 bridgehead atoms. The molecular weight excluding hydrogens is 334 g/mol.